The second kappa shape index (κ2) is 4.82. The predicted molar refractivity (Wildman–Crippen MR) is 71.3 cm³/mol. The van der Waals surface area contributed by atoms with Crippen LogP contribution in [0, 0.1) is 5.92 Å². The Kier molecular flexibility index (Phi) is 3.18. The van der Waals surface area contributed by atoms with Gasteiger partial charge in [0, 0.05) is 6.04 Å². The van der Waals surface area contributed by atoms with Crippen LogP contribution in [0.2, 0.25) is 0 Å². The molecular formula is C13H17N3OS. The van der Waals surface area contributed by atoms with Crippen molar-refractivity contribution in [2.45, 2.75) is 32.4 Å². The molecule has 2 aromatic rings. The van der Waals surface area contributed by atoms with Crippen LogP contribution >= 0.6 is 11.3 Å². The van der Waals surface area contributed by atoms with Crippen LogP contribution in [0.1, 0.15) is 25.7 Å². The molecule has 1 unspecified atom stereocenters. The molecule has 1 saturated carbocycles. The van der Waals surface area contributed by atoms with Crippen LogP contribution in [0.3, 0.4) is 0 Å². The van der Waals surface area contributed by atoms with Crippen LogP contribution < -0.4 is 0 Å². The largest absolute Gasteiger partial charge is 0.338 e. The van der Waals surface area contributed by atoms with Gasteiger partial charge in [-0.1, -0.05) is 11.2 Å². The molecule has 2 heterocycles. The molecule has 18 heavy (non-hydrogen) atoms. The third kappa shape index (κ3) is 2.47. The van der Waals surface area contributed by atoms with E-state index in [1.165, 1.54) is 12.8 Å². The van der Waals surface area contributed by atoms with E-state index in [1.54, 1.807) is 11.3 Å². The lowest BCUT2D eigenvalue weighted by Crippen LogP contribution is -2.30. The molecule has 0 saturated heterocycles. The molecule has 0 spiro atoms. The van der Waals surface area contributed by atoms with Crippen LogP contribution in [0.4, 0.5) is 0 Å². The highest BCUT2D eigenvalue weighted by Crippen LogP contribution is 2.35. The van der Waals surface area contributed by atoms with Gasteiger partial charge >= 0.3 is 0 Å². The van der Waals surface area contributed by atoms with E-state index in [2.05, 4.69) is 29.0 Å². The van der Waals surface area contributed by atoms with Crippen molar-refractivity contribution in [2.75, 3.05) is 7.05 Å². The van der Waals surface area contributed by atoms with Gasteiger partial charge in [-0.3, -0.25) is 4.90 Å². The summed E-state index contributed by atoms with van der Waals surface area (Å²) >= 11 is 1.63. The molecule has 1 aliphatic carbocycles. The van der Waals surface area contributed by atoms with Gasteiger partial charge in [-0.25, -0.2) is 0 Å². The lowest BCUT2D eigenvalue weighted by Gasteiger charge is -2.22. The SMILES string of the molecule is CC(C1CC1)N(C)Cc1nc(-c2cccs2)no1. The summed E-state index contributed by atoms with van der Waals surface area (Å²) in [6.07, 6.45) is 2.71. The van der Waals surface area contributed by atoms with Crippen molar-refractivity contribution in [3.8, 4) is 10.7 Å². The topological polar surface area (TPSA) is 42.2 Å². The fourth-order valence-corrected chi connectivity index (χ4v) is 2.77. The lowest BCUT2D eigenvalue weighted by molar-refractivity contribution is 0.197. The zero-order chi connectivity index (χ0) is 12.5. The fourth-order valence-electron chi connectivity index (χ4n) is 2.12. The molecule has 0 N–H and O–H groups in total. The minimum absolute atomic E-state index is 0.599. The van der Waals surface area contributed by atoms with Crippen molar-refractivity contribution in [1.82, 2.24) is 15.0 Å². The van der Waals surface area contributed by atoms with Gasteiger partial charge < -0.3 is 4.52 Å². The van der Waals surface area contributed by atoms with E-state index in [1.807, 2.05) is 17.5 Å². The summed E-state index contributed by atoms with van der Waals surface area (Å²) < 4.78 is 5.31. The first-order valence-corrected chi connectivity index (χ1v) is 7.18. The van der Waals surface area contributed by atoms with Gasteiger partial charge in [-0.05, 0) is 44.2 Å². The molecule has 0 amide bonds. The average molecular weight is 263 g/mol. The number of hydrogen-bond acceptors (Lipinski definition) is 5. The zero-order valence-electron chi connectivity index (χ0n) is 10.7. The lowest BCUT2D eigenvalue weighted by atomic mass is 10.2. The minimum atomic E-state index is 0.599. The number of rotatable bonds is 5. The maximum absolute atomic E-state index is 5.31. The van der Waals surface area contributed by atoms with E-state index < -0.39 is 0 Å². The highest BCUT2D eigenvalue weighted by molar-refractivity contribution is 7.13. The Morgan fingerprint density at radius 3 is 3.06 bits per heavy atom. The molecule has 5 heteroatoms. The highest BCUT2D eigenvalue weighted by Gasteiger charge is 2.31. The number of thiophene rings is 1. The normalized spacial score (nSPS) is 17.3. The summed E-state index contributed by atoms with van der Waals surface area (Å²) in [4.78, 5) is 7.80. The van der Waals surface area contributed by atoms with Crippen molar-refractivity contribution < 1.29 is 4.52 Å². The first kappa shape index (κ1) is 11.9. The highest BCUT2D eigenvalue weighted by atomic mass is 32.1. The maximum atomic E-state index is 5.31. The van der Waals surface area contributed by atoms with Gasteiger partial charge in [-0.2, -0.15) is 4.98 Å². The Morgan fingerprint density at radius 1 is 1.56 bits per heavy atom. The van der Waals surface area contributed by atoms with E-state index >= 15 is 0 Å². The standard InChI is InChI=1S/C13H17N3OS/c1-9(10-5-6-10)16(2)8-12-14-13(15-17-12)11-4-3-7-18-11/h3-4,7,9-10H,5-6,8H2,1-2H3. The fraction of sp³-hybridized carbons (Fsp3) is 0.538. The van der Waals surface area contributed by atoms with E-state index in [4.69, 9.17) is 4.52 Å². The summed E-state index contributed by atoms with van der Waals surface area (Å²) in [5.74, 6) is 2.26. The van der Waals surface area contributed by atoms with Gasteiger partial charge in [0.15, 0.2) is 0 Å². The summed E-state index contributed by atoms with van der Waals surface area (Å²) in [6.45, 7) is 3.00. The third-order valence-corrected chi connectivity index (χ3v) is 4.46. The molecule has 0 bridgehead atoms. The molecular weight excluding hydrogens is 246 g/mol. The van der Waals surface area contributed by atoms with Gasteiger partial charge in [0.1, 0.15) is 0 Å². The Balaban J connectivity index is 1.66. The summed E-state index contributed by atoms with van der Waals surface area (Å²) in [7, 11) is 2.12. The van der Waals surface area contributed by atoms with Crippen molar-refractivity contribution >= 4 is 11.3 Å². The molecule has 0 radical (unpaired) electrons. The number of aromatic nitrogens is 2. The van der Waals surface area contributed by atoms with Crippen LogP contribution in [-0.4, -0.2) is 28.1 Å². The molecule has 1 atom stereocenters. The first-order chi connectivity index (χ1) is 8.74. The second-order valence-electron chi connectivity index (χ2n) is 4.98. The molecule has 1 fully saturated rings. The number of hydrogen-bond donors (Lipinski definition) is 0. The summed E-state index contributed by atoms with van der Waals surface area (Å²) in [5, 5.41) is 6.05. The van der Waals surface area contributed by atoms with Crippen molar-refractivity contribution in [3.63, 3.8) is 0 Å². The van der Waals surface area contributed by atoms with E-state index in [-0.39, 0.29) is 0 Å². The van der Waals surface area contributed by atoms with Gasteiger partial charge in [0.25, 0.3) is 0 Å². The second-order valence-corrected chi connectivity index (χ2v) is 5.93. The van der Waals surface area contributed by atoms with Crippen molar-refractivity contribution in [3.05, 3.63) is 23.4 Å². The predicted octanol–water partition coefficient (Wildman–Crippen LogP) is 3.03. The van der Waals surface area contributed by atoms with Crippen LogP contribution in [0.15, 0.2) is 22.0 Å². The van der Waals surface area contributed by atoms with Crippen LogP contribution in [-0.2, 0) is 6.54 Å². The van der Waals surface area contributed by atoms with Gasteiger partial charge in [0.2, 0.25) is 11.7 Å². The molecule has 3 rings (SSSR count). The van der Waals surface area contributed by atoms with E-state index in [9.17, 15) is 0 Å². The molecule has 2 aromatic heterocycles. The van der Waals surface area contributed by atoms with E-state index in [0.717, 1.165) is 17.3 Å². The zero-order valence-corrected chi connectivity index (χ0v) is 11.5. The molecule has 4 nitrogen and oxygen atoms in total. The smallest absolute Gasteiger partial charge is 0.241 e. The third-order valence-electron chi connectivity index (χ3n) is 3.59. The van der Waals surface area contributed by atoms with Crippen molar-refractivity contribution in [1.29, 1.82) is 0 Å². The molecule has 96 valence electrons. The molecule has 0 aromatic carbocycles. The minimum Gasteiger partial charge on any atom is -0.338 e. The van der Waals surface area contributed by atoms with Crippen molar-refractivity contribution in [2.24, 2.45) is 5.92 Å². The van der Waals surface area contributed by atoms with Gasteiger partial charge in [0.05, 0.1) is 11.4 Å². The Labute approximate surface area is 111 Å². The van der Waals surface area contributed by atoms with E-state index in [0.29, 0.717) is 17.8 Å². The Morgan fingerprint density at radius 2 is 2.39 bits per heavy atom. The summed E-state index contributed by atoms with van der Waals surface area (Å²) in [5.41, 5.74) is 0. The van der Waals surface area contributed by atoms with Crippen LogP contribution in [0.5, 0.6) is 0 Å². The van der Waals surface area contributed by atoms with Gasteiger partial charge in [-0.15, -0.1) is 11.3 Å². The summed E-state index contributed by atoms with van der Waals surface area (Å²) in [6, 6.07) is 4.61. The molecule has 0 aliphatic heterocycles. The average Bonchev–Trinajstić information content (AvgIpc) is 2.89. The van der Waals surface area contributed by atoms with Crippen LogP contribution in [0.25, 0.3) is 10.7 Å². The maximum Gasteiger partial charge on any atom is 0.241 e. The first-order valence-electron chi connectivity index (χ1n) is 6.31. The Bertz CT molecular complexity index is 504. The monoisotopic (exact) mass is 263 g/mol. The Hall–Kier alpha value is -1.20. The number of nitrogens with zero attached hydrogens (tertiary/aromatic N) is 3. The molecule has 1 aliphatic rings. The quantitative estimate of drug-likeness (QED) is 0.831.